The fourth-order valence-electron chi connectivity index (χ4n) is 2.95. The standard InChI is InChI=1S/C20H14ClN3O3S/c1-24-18(26)14-7-6-12(9-15(14)19(24)27)17(25)23-20-22-10-13(28-20)8-11-4-2-3-5-16(11)21/h2-7,9-10H,8H2,1H3,(H,22,23,25). The second-order valence-electron chi connectivity index (χ2n) is 6.28. The molecule has 0 saturated carbocycles. The Morgan fingerprint density at radius 3 is 2.68 bits per heavy atom. The lowest BCUT2D eigenvalue weighted by Crippen LogP contribution is -2.24. The highest BCUT2D eigenvalue weighted by Crippen LogP contribution is 2.26. The fourth-order valence-corrected chi connectivity index (χ4v) is 3.98. The van der Waals surface area contributed by atoms with Gasteiger partial charge in [0.05, 0.1) is 11.1 Å². The van der Waals surface area contributed by atoms with Crippen LogP contribution in [0.2, 0.25) is 5.02 Å². The number of carbonyl (C=O) groups is 3. The van der Waals surface area contributed by atoms with E-state index in [1.54, 1.807) is 6.20 Å². The number of fused-ring (bicyclic) bond motifs is 1. The molecule has 0 fully saturated rings. The molecule has 2 aromatic carbocycles. The first-order valence-electron chi connectivity index (χ1n) is 8.40. The summed E-state index contributed by atoms with van der Waals surface area (Å²) in [6.45, 7) is 0. The van der Waals surface area contributed by atoms with Crippen molar-refractivity contribution in [2.24, 2.45) is 0 Å². The lowest BCUT2D eigenvalue weighted by Gasteiger charge is -2.03. The van der Waals surface area contributed by atoms with E-state index in [-0.39, 0.29) is 17.0 Å². The molecular formula is C20H14ClN3O3S. The van der Waals surface area contributed by atoms with E-state index in [9.17, 15) is 14.4 Å². The van der Waals surface area contributed by atoms with Crippen molar-refractivity contribution < 1.29 is 14.4 Å². The summed E-state index contributed by atoms with van der Waals surface area (Å²) < 4.78 is 0. The molecule has 0 spiro atoms. The number of thiazole rings is 1. The van der Waals surface area contributed by atoms with Crippen LogP contribution < -0.4 is 5.32 Å². The summed E-state index contributed by atoms with van der Waals surface area (Å²) >= 11 is 7.54. The van der Waals surface area contributed by atoms with Crippen LogP contribution in [-0.2, 0) is 6.42 Å². The minimum absolute atomic E-state index is 0.235. The van der Waals surface area contributed by atoms with Gasteiger partial charge in [0.2, 0.25) is 0 Å². The SMILES string of the molecule is CN1C(=O)c2ccc(C(=O)Nc3ncc(Cc4ccccc4Cl)s3)cc2C1=O. The van der Waals surface area contributed by atoms with Crippen LogP contribution in [0.1, 0.15) is 41.5 Å². The lowest BCUT2D eigenvalue weighted by atomic mass is 10.1. The zero-order valence-electron chi connectivity index (χ0n) is 14.7. The fraction of sp³-hybridized carbons (Fsp3) is 0.100. The topological polar surface area (TPSA) is 79.4 Å². The van der Waals surface area contributed by atoms with E-state index in [2.05, 4.69) is 10.3 Å². The van der Waals surface area contributed by atoms with Gasteiger partial charge in [0.25, 0.3) is 17.7 Å². The molecular weight excluding hydrogens is 398 g/mol. The summed E-state index contributed by atoms with van der Waals surface area (Å²) in [5, 5.41) is 3.87. The molecule has 1 aliphatic rings. The van der Waals surface area contributed by atoms with Crippen LogP contribution in [0.15, 0.2) is 48.7 Å². The number of nitrogens with zero attached hydrogens (tertiary/aromatic N) is 2. The maximum atomic E-state index is 12.5. The maximum Gasteiger partial charge on any atom is 0.261 e. The highest BCUT2D eigenvalue weighted by Gasteiger charge is 2.33. The van der Waals surface area contributed by atoms with Gasteiger partial charge in [-0.3, -0.25) is 24.6 Å². The van der Waals surface area contributed by atoms with E-state index in [0.717, 1.165) is 15.3 Å². The summed E-state index contributed by atoms with van der Waals surface area (Å²) in [4.78, 5) is 42.8. The minimum atomic E-state index is -0.411. The van der Waals surface area contributed by atoms with Crippen molar-refractivity contribution in [3.63, 3.8) is 0 Å². The lowest BCUT2D eigenvalue weighted by molar-refractivity contribution is 0.0693. The number of rotatable bonds is 4. The Morgan fingerprint density at radius 1 is 1.14 bits per heavy atom. The molecule has 2 heterocycles. The zero-order valence-corrected chi connectivity index (χ0v) is 16.3. The van der Waals surface area contributed by atoms with Crippen molar-refractivity contribution in [3.8, 4) is 0 Å². The number of imide groups is 1. The normalized spacial score (nSPS) is 13.0. The molecule has 140 valence electrons. The van der Waals surface area contributed by atoms with Gasteiger partial charge < -0.3 is 0 Å². The van der Waals surface area contributed by atoms with Gasteiger partial charge in [-0.1, -0.05) is 29.8 Å². The van der Waals surface area contributed by atoms with Gasteiger partial charge in [-0.15, -0.1) is 11.3 Å². The monoisotopic (exact) mass is 411 g/mol. The Morgan fingerprint density at radius 2 is 1.89 bits per heavy atom. The molecule has 0 saturated heterocycles. The Balaban J connectivity index is 1.50. The maximum absolute atomic E-state index is 12.5. The first-order chi connectivity index (χ1) is 13.4. The van der Waals surface area contributed by atoms with Gasteiger partial charge in [-0.05, 0) is 29.8 Å². The smallest absolute Gasteiger partial charge is 0.261 e. The van der Waals surface area contributed by atoms with Gasteiger partial charge in [-0.25, -0.2) is 4.98 Å². The van der Waals surface area contributed by atoms with Crippen molar-refractivity contribution in [2.45, 2.75) is 6.42 Å². The van der Waals surface area contributed by atoms with Crippen LogP contribution in [0, 0.1) is 0 Å². The molecule has 0 atom stereocenters. The quantitative estimate of drug-likeness (QED) is 0.661. The zero-order chi connectivity index (χ0) is 19.8. The third-order valence-electron chi connectivity index (χ3n) is 4.45. The average molecular weight is 412 g/mol. The van der Waals surface area contributed by atoms with E-state index in [1.165, 1.54) is 36.6 Å². The minimum Gasteiger partial charge on any atom is -0.298 e. The number of amides is 3. The van der Waals surface area contributed by atoms with E-state index in [4.69, 9.17) is 11.6 Å². The van der Waals surface area contributed by atoms with Gasteiger partial charge in [0.1, 0.15) is 0 Å². The molecule has 1 N–H and O–H groups in total. The van der Waals surface area contributed by atoms with E-state index in [1.807, 2.05) is 24.3 Å². The summed E-state index contributed by atoms with van der Waals surface area (Å²) in [5.41, 5.74) is 1.81. The van der Waals surface area contributed by atoms with Crippen LogP contribution in [0.3, 0.4) is 0 Å². The molecule has 3 aromatic rings. The summed E-state index contributed by atoms with van der Waals surface area (Å²) in [6, 6.07) is 12.0. The number of hydrogen-bond donors (Lipinski definition) is 1. The second kappa shape index (κ2) is 7.18. The first kappa shape index (κ1) is 18.3. The molecule has 0 unspecified atom stereocenters. The van der Waals surface area contributed by atoms with E-state index in [0.29, 0.717) is 22.1 Å². The highest BCUT2D eigenvalue weighted by molar-refractivity contribution is 7.15. The number of aromatic nitrogens is 1. The Bertz CT molecular complexity index is 1130. The molecule has 1 aromatic heterocycles. The molecule has 28 heavy (non-hydrogen) atoms. The Kier molecular flexibility index (Phi) is 4.70. The number of hydrogen-bond acceptors (Lipinski definition) is 5. The number of nitrogens with one attached hydrogen (secondary N) is 1. The van der Waals surface area contributed by atoms with Crippen molar-refractivity contribution in [2.75, 3.05) is 12.4 Å². The number of carbonyl (C=O) groups excluding carboxylic acids is 3. The molecule has 0 aliphatic carbocycles. The number of anilines is 1. The van der Waals surface area contributed by atoms with Crippen molar-refractivity contribution in [3.05, 3.63) is 80.8 Å². The van der Waals surface area contributed by atoms with Crippen LogP contribution in [0.5, 0.6) is 0 Å². The van der Waals surface area contributed by atoms with Crippen LogP contribution in [-0.4, -0.2) is 34.7 Å². The van der Waals surface area contributed by atoms with Crippen LogP contribution >= 0.6 is 22.9 Å². The largest absolute Gasteiger partial charge is 0.298 e. The van der Waals surface area contributed by atoms with Crippen LogP contribution in [0.25, 0.3) is 0 Å². The molecule has 4 rings (SSSR count). The molecule has 0 bridgehead atoms. The van der Waals surface area contributed by atoms with Gasteiger partial charge in [0.15, 0.2) is 5.13 Å². The summed E-state index contributed by atoms with van der Waals surface area (Å²) in [7, 11) is 1.42. The Hall–Kier alpha value is -3.03. The Labute approximate surface area is 169 Å². The average Bonchev–Trinajstić information content (AvgIpc) is 3.22. The third kappa shape index (κ3) is 3.30. The second-order valence-corrected chi connectivity index (χ2v) is 7.81. The molecule has 0 radical (unpaired) electrons. The molecule has 6 nitrogen and oxygen atoms in total. The predicted molar refractivity (Wildman–Crippen MR) is 107 cm³/mol. The van der Waals surface area contributed by atoms with Crippen molar-refractivity contribution >= 4 is 45.8 Å². The molecule has 8 heteroatoms. The summed E-state index contributed by atoms with van der Waals surface area (Å²) in [6.07, 6.45) is 2.32. The molecule has 1 aliphatic heterocycles. The van der Waals surface area contributed by atoms with Crippen molar-refractivity contribution in [1.29, 1.82) is 0 Å². The van der Waals surface area contributed by atoms with Crippen LogP contribution in [0.4, 0.5) is 5.13 Å². The summed E-state index contributed by atoms with van der Waals surface area (Å²) in [5.74, 6) is -1.17. The van der Waals surface area contributed by atoms with Gasteiger partial charge in [-0.2, -0.15) is 0 Å². The van der Waals surface area contributed by atoms with Crippen molar-refractivity contribution in [1.82, 2.24) is 9.88 Å². The first-order valence-corrected chi connectivity index (χ1v) is 9.59. The third-order valence-corrected chi connectivity index (χ3v) is 5.73. The van der Waals surface area contributed by atoms with E-state index >= 15 is 0 Å². The van der Waals surface area contributed by atoms with E-state index < -0.39 is 11.8 Å². The van der Waals surface area contributed by atoms with Gasteiger partial charge >= 0.3 is 0 Å². The highest BCUT2D eigenvalue weighted by atomic mass is 35.5. The predicted octanol–water partition coefficient (Wildman–Crippen LogP) is 3.87. The number of halogens is 1. The molecule has 3 amide bonds. The van der Waals surface area contributed by atoms with Gasteiger partial charge in [0, 0.05) is 35.1 Å². The number of benzene rings is 2.